The zero-order valence-corrected chi connectivity index (χ0v) is 18.2. The van der Waals surface area contributed by atoms with Crippen molar-refractivity contribution >= 4 is 11.4 Å². The van der Waals surface area contributed by atoms with Gasteiger partial charge in [0.05, 0.1) is 12.3 Å². The van der Waals surface area contributed by atoms with Crippen LogP contribution in [0.2, 0.25) is 0 Å². The maximum atomic E-state index is 13.2. The van der Waals surface area contributed by atoms with E-state index in [1.54, 1.807) is 17.3 Å². The van der Waals surface area contributed by atoms with Crippen molar-refractivity contribution in [2.45, 2.75) is 33.5 Å². The van der Waals surface area contributed by atoms with Gasteiger partial charge in [-0.05, 0) is 19.4 Å². The third-order valence-corrected chi connectivity index (χ3v) is 5.60. The van der Waals surface area contributed by atoms with Gasteiger partial charge in [-0.25, -0.2) is 4.52 Å². The molecule has 0 saturated carbocycles. The smallest absolute Gasteiger partial charge is 0.277 e. The summed E-state index contributed by atoms with van der Waals surface area (Å²) < 4.78 is 2.86. The molecule has 4 aromatic rings. The first-order valence-corrected chi connectivity index (χ1v) is 10.6. The van der Waals surface area contributed by atoms with E-state index in [-0.39, 0.29) is 30.1 Å². The number of likely N-dealkylation sites (N-methyl/N-ethyl adjacent to an activating group) is 1. The van der Waals surface area contributed by atoms with Crippen LogP contribution < -0.4 is 5.56 Å². The average molecular weight is 431 g/mol. The van der Waals surface area contributed by atoms with E-state index in [0.29, 0.717) is 24.3 Å². The molecule has 2 aromatic heterocycles. The highest BCUT2D eigenvalue weighted by atomic mass is 16.3. The zero-order valence-electron chi connectivity index (χ0n) is 18.2. The number of nitrogens with zero attached hydrogens (tertiary/aromatic N) is 4. The Kier molecular flexibility index (Phi) is 6.18. The molecule has 1 amide bonds. The van der Waals surface area contributed by atoms with E-state index in [1.165, 1.54) is 9.08 Å². The van der Waals surface area contributed by atoms with Gasteiger partial charge < -0.3 is 14.6 Å². The number of aliphatic hydroxyl groups excluding tert-OH is 1. The molecule has 2 aromatic carbocycles. The number of aliphatic hydroxyl groups is 1. The highest BCUT2D eigenvalue weighted by Gasteiger charge is 2.19. The van der Waals surface area contributed by atoms with Gasteiger partial charge >= 0.3 is 0 Å². The maximum Gasteiger partial charge on any atom is 0.277 e. The SMILES string of the molecule is CCN(Cc1ccccc1)C(=O)Cn1ccn2nc(-c3ccc(C)cc3)c(CO)c2c1=O. The van der Waals surface area contributed by atoms with Crippen molar-refractivity contribution in [1.29, 1.82) is 0 Å². The van der Waals surface area contributed by atoms with Gasteiger partial charge in [-0.1, -0.05) is 60.2 Å². The lowest BCUT2D eigenvalue weighted by atomic mass is 10.1. The second-order valence-electron chi connectivity index (χ2n) is 7.77. The molecule has 32 heavy (non-hydrogen) atoms. The molecule has 1 N–H and O–H groups in total. The molecule has 0 saturated heterocycles. The minimum Gasteiger partial charge on any atom is -0.392 e. The molecule has 0 radical (unpaired) electrons. The summed E-state index contributed by atoms with van der Waals surface area (Å²) in [5.74, 6) is -0.147. The summed E-state index contributed by atoms with van der Waals surface area (Å²) in [6.07, 6.45) is 3.21. The predicted octanol–water partition coefficient (Wildman–Crippen LogP) is 3.01. The number of amides is 1. The highest BCUT2D eigenvalue weighted by molar-refractivity contribution is 5.76. The normalized spacial score (nSPS) is 11.1. The number of carbonyl (C=O) groups is 1. The molecule has 7 nitrogen and oxygen atoms in total. The van der Waals surface area contributed by atoms with E-state index < -0.39 is 0 Å². The Morgan fingerprint density at radius 3 is 2.44 bits per heavy atom. The summed E-state index contributed by atoms with van der Waals surface area (Å²) in [5, 5.41) is 14.6. The molecular formula is C25H26N4O3. The van der Waals surface area contributed by atoms with Crippen LogP contribution in [-0.2, 0) is 24.5 Å². The van der Waals surface area contributed by atoms with Gasteiger partial charge in [0.15, 0.2) is 0 Å². The average Bonchev–Trinajstić information content (AvgIpc) is 3.19. The quantitative estimate of drug-likeness (QED) is 0.489. The minimum atomic E-state index is -0.355. The summed E-state index contributed by atoms with van der Waals surface area (Å²) in [7, 11) is 0. The number of carbonyl (C=O) groups excluding carboxylic acids is 1. The van der Waals surface area contributed by atoms with Gasteiger partial charge in [0.1, 0.15) is 12.1 Å². The van der Waals surface area contributed by atoms with Crippen LogP contribution in [0.5, 0.6) is 0 Å². The number of rotatable bonds is 7. The zero-order chi connectivity index (χ0) is 22.7. The first kappa shape index (κ1) is 21.5. The van der Waals surface area contributed by atoms with E-state index >= 15 is 0 Å². The van der Waals surface area contributed by atoms with Crippen molar-refractivity contribution in [3.05, 3.63) is 94.0 Å². The Hall–Kier alpha value is -3.71. The summed E-state index contributed by atoms with van der Waals surface area (Å²) >= 11 is 0. The molecule has 2 heterocycles. The van der Waals surface area contributed by atoms with Crippen molar-refractivity contribution in [2.75, 3.05) is 6.54 Å². The lowest BCUT2D eigenvalue weighted by Gasteiger charge is -2.21. The standard InChI is InChI=1S/C25H26N4O3/c1-3-27(15-19-7-5-4-6-8-19)22(31)16-28-13-14-29-24(25(28)32)21(17-30)23(26-29)20-11-9-18(2)10-12-20/h4-14,30H,3,15-17H2,1-2H3. The number of hydrogen-bond acceptors (Lipinski definition) is 4. The lowest BCUT2D eigenvalue weighted by molar-refractivity contribution is -0.132. The van der Waals surface area contributed by atoms with Crippen molar-refractivity contribution in [1.82, 2.24) is 19.1 Å². The third-order valence-electron chi connectivity index (χ3n) is 5.60. The number of aromatic nitrogens is 3. The largest absolute Gasteiger partial charge is 0.392 e. The van der Waals surface area contributed by atoms with Gasteiger partial charge in [0.2, 0.25) is 5.91 Å². The monoisotopic (exact) mass is 430 g/mol. The minimum absolute atomic E-state index is 0.0775. The number of benzene rings is 2. The molecule has 164 valence electrons. The molecule has 0 fully saturated rings. The third kappa shape index (κ3) is 4.20. The van der Waals surface area contributed by atoms with E-state index in [1.807, 2.05) is 68.4 Å². The number of hydrogen-bond donors (Lipinski definition) is 1. The van der Waals surface area contributed by atoms with Crippen molar-refractivity contribution in [3.8, 4) is 11.3 Å². The summed E-state index contributed by atoms with van der Waals surface area (Å²) in [4.78, 5) is 27.9. The predicted molar refractivity (Wildman–Crippen MR) is 123 cm³/mol. The fourth-order valence-corrected chi connectivity index (χ4v) is 3.79. The van der Waals surface area contributed by atoms with Crippen LogP contribution in [0.15, 0.2) is 71.8 Å². The van der Waals surface area contributed by atoms with Crippen LogP contribution in [0, 0.1) is 6.92 Å². The van der Waals surface area contributed by atoms with E-state index in [2.05, 4.69) is 5.10 Å². The lowest BCUT2D eigenvalue weighted by Crippen LogP contribution is -2.36. The summed E-state index contributed by atoms with van der Waals surface area (Å²) in [6, 6.07) is 17.5. The number of aryl methyl sites for hydroxylation is 1. The van der Waals surface area contributed by atoms with Crippen molar-refractivity contribution in [3.63, 3.8) is 0 Å². The van der Waals surface area contributed by atoms with Crippen LogP contribution in [0.1, 0.15) is 23.6 Å². The van der Waals surface area contributed by atoms with Crippen LogP contribution in [0.4, 0.5) is 0 Å². The molecule has 0 aliphatic rings. The molecule has 7 heteroatoms. The van der Waals surface area contributed by atoms with Crippen LogP contribution >= 0.6 is 0 Å². The first-order valence-electron chi connectivity index (χ1n) is 10.6. The van der Waals surface area contributed by atoms with Crippen LogP contribution in [-0.4, -0.2) is 36.6 Å². The van der Waals surface area contributed by atoms with Crippen LogP contribution in [0.25, 0.3) is 16.8 Å². The molecule has 4 rings (SSSR count). The van der Waals surface area contributed by atoms with Gasteiger partial charge in [-0.2, -0.15) is 5.10 Å². The van der Waals surface area contributed by atoms with Gasteiger partial charge in [-0.3, -0.25) is 9.59 Å². The second kappa shape index (κ2) is 9.20. The van der Waals surface area contributed by atoms with Gasteiger partial charge in [0, 0.05) is 36.6 Å². The molecule has 0 bridgehead atoms. The van der Waals surface area contributed by atoms with Gasteiger partial charge in [0.25, 0.3) is 5.56 Å². The van der Waals surface area contributed by atoms with E-state index in [0.717, 1.165) is 16.7 Å². The molecule has 0 aliphatic heterocycles. The maximum absolute atomic E-state index is 13.2. The van der Waals surface area contributed by atoms with E-state index in [4.69, 9.17) is 0 Å². The number of fused-ring (bicyclic) bond motifs is 1. The molecular weight excluding hydrogens is 404 g/mol. The van der Waals surface area contributed by atoms with E-state index in [9.17, 15) is 14.7 Å². The molecule has 0 unspecified atom stereocenters. The first-order chi connectivity index (χ1) is 15.5. The summed E-state index contributed by atoms with van der Waals surface area (Å²) in [5.41, 5.74) is 3.91. The Labute approximate surface area is 186 Å². The Morgan fingerprint density at radius 1 is 1.06 bits per heavy atom. The topological polar surface area (TPSA) is 79.8 Å². The molecule has 0 aliphatic carbocycles. The highest BCUT2D eigenvalue weighted by Crippen LogP contribution is 2.25. The van der Waals surface area contributed by atoms with Gasteiger partial charge in [-0.15, -0.1) is 0 Å². The fourth-order valence-electron chi connectivity index (χ4n) is 3.79. The molecule has 0 atom stereocenters. The summed E-state index contributed by atoms with van der Waals surface area (Å²) in [6.45, 7) is 4.53. The fraction of sp³-hybridized carbons (Fsp3) is 0.240. The Bertz CT molecular complexity index is 1290. The van der Waals surface area contributed by atoms with Crippen molar-refractivity contribution in [2.24, 2.45) is 0 Å². The Balaban J connectivity index is 1.66. The van der Waals surface area contributed by atoms with Crippen molar-refractivity contribution < 1.29 is 9.90 Å². The molecule has 0 spiro atoms. The van der Waals surface area contributed by atoms with Crippen LogP contribution in [0.3, 0.4) is 0 Å². The second-order valence-corrected chi connectivity index (χ2v) is 7.77. The Morgan fingerprint density at radius 2 is 1.78 bits per heavy atom.